The molecule has 0 atom stereocenters. The second kappa shape index (κ2) is 4.77. The van der Waals surface area contributed by atoms with E-state index < -0.39 is 5.82 Å². The minimum Gasteiger partial charge on any atom is -0.479 e. The van der Waals surface area contributed by atoms with Crippen LogP contribution >= 0.6 is 0 Å². The van der Waals surface area contributed by atoms with Gasteiger partial charge in [-0.25, -0.2) is 4.98 Å². The van der Waals surface area contributed by atoms with E-state index in [1.165, 1.54) is 7.11 Å². The van der Waals surface area contributed by atoms with Gasteiger partial charge in [0.1, 0.15) is 6.07 Å². The summed E-state index contributed by atoms with van der Waals surface area (Å²) >= 11 is 0. The van der Waals surface area contributed by atoms with Gasteiger partial charge in [-0.3, -0.25) is 4.68 Å². The number of hydrogen-bond donors (Lipinski definition) is 0. The number of aromatic nitrogens is 4. The van der Waals surface area contributed by atoms with Gasteiger partial charge in [-0.1, -0.05) is 0 Å². The third kappa shape index (κ3) is 2.03. The Morgan fingerprint density at radius 1 is 1.45 bits per heavy atom. The zero-order valence-electron chi connectivity index (χ0n) is 10.7. The van der Waals surface area contributed by atoms with Crippen molar-refractivity contribution in [1.82, 2.24) is 19.7 Å². The van der Waals surface area contributed by atoms with Gasteiger partial charge in [-0.05, 0) is 6.07 Å². The molecule has 3 rings (SSSR count). The van der Waals surface area contributed by atoms with Crippen LogP contribution in [0, 0.1) is 17.1 Å². The summed E-state index contributed by atoms with van der Waals surface area (Å²) in [6.45, 7) is 1.78. The first-order valence-corrected chi connectivity index (χ1v) is 5.99. The van der Waals surface area contributed by atoms with Crippen LogP contribution in [0.3, 0.4) is 0 Å². The van der Waals surface area contributed by atoms with Crippen LogP contribution in [0.2, 0.25) is 0 Å². The van der Waals surface area contributed by atoms with Crippen molar-refractivity contribution in [2.75, 3.05) is 18.6 Å². The average Bonchev–Trinajstić information content (AvgIpc) is 2.89. The lowest BCUT2D eigenvalue weighted by Gasteiger charge is -2.27. The average molecular weight is 274 g/mol. The second-order valence-corrected chi connectivity index (χ2v) is 4.30. The molecule has 8 heteroatoms. The lowest BCUT2D eigenvalue weighted by Crippen LogP contribution is -2.35. The van der Waals surface area contributed by atoms with Gasteiger partial charge in [0.15, 0.2) is 5.69 Å². The molecule has 0 unspecified atom stereocenters. The van der Waals surface area contributed by atoms with Crippen molar-refractivity contribution in [3.8, 4) is 11.9 Å². The molecular weight excluding hydrogens is 263 g/mol. The van der Waals surface area contributed by atoms with Gasteiger partial charge in [0, 0.05) is 6.54 Å². The SMILES string of the molecule is COc1nc(N2CCn3nc(C#N)cc3C2)ncc1F. The molecule has 0 aliphatic carbocycles. The van der Waals surface area contributed by atoms with E-state index in [-0.39, 0.29) is 5.88 Å². The summed E-state index contributed by atoms with van der Waals surface area (Å²) in [6.07, 6.45) is 1.09. The Bertz CT molecular complexity index is 692. The normalized spacial score (nSPS) is 13.8. The molecule has 3 heterocycles. The molecule has 1 aliphatic heterocycles. The minimum absolute atomic E-state index is 0.0770. The third-order valence-corrected chi connectivity index (χ3v) is 3.09. The Labute approximate surface area is 114 Å². The fraction of sp³-hybridized carbons (Fsp3) is 0.333. The van der Waals surface area contributed by atoms with Crippen molar-refractivity contribution in [3.05, 3.63) is 29.5 Å². The van der Waals surface area contributed by atoms with Gasteiger partial charge < -0.3 is 9.64 Å². The van der Waals surface area contributed by atoms with Crippen LogP contribution in [-0.2, 0) is 13.1 Å². The molecule has 0 spiro atoms. The van der Waals surface area contributed by atoms with Crippen molar-refractivity contribution >= 4 is 5.95 Å². The summed E-state index contributed by atoms with van der Waals surface area (Å²) in [7, 11) is 1.36. The highest BCUT2D eigenvalue weighted by atomic mass is 19.1. The summed E-state index contributed by atoms with van der Waals surface area (Å²) < 4.78 is 19.9. The van der Waals surface area contributed by atoms with Crippen LogP contribution in [-0.4, -0.2) is 33.4 Å². The van der Waals surface area contributed by atoms with E-state index in [0.29, 0.717) is 31.3 Å². The van der Waals surface area contributed by atoms with E-state index >= 15 is 0 Å². The maximum Gasteiger partial charge on any atom is 0.255 e. The minimum atomic E-state index is -0.593. The summed E-state index contributed by atoms with van der Waals surface area (Å²) in [4.78, 5) is 9.90. The summed E-state index contributed by atoms with van der Waals surface area (Å²) in [5, 5.41) is 13.0. The van der Waals surface area contributed by atoms with E-state index in [2.05, 4.69) is 15.1 Å². The summed E-state index contributed by atoms with van der Waals surface area (Å²) in [5.74, 6) is -0.272. The van der Waals surface area contributed by atoms with Crippen LogP contribution in [0.4, 0.5) is 10.3 Å². The van der Waals surface area contributed by atoms with E-state index in [4.69, 9.17) is 10.00 Å². The number of nitrogens with zero attached hydrogens (tertiary/aromatic N) is 6. The molecule has 0 bridgehead atoms. The molecule has 0 radical (unpaired) electrons. The lowest BCUT2D eigenvalue weighted by molar-refractivity contribution is 0.366. The van der Waals surface area contributed by atoms with Gasteiger partial charge in [0.05, 0.1) is 32.1 Å². The maximum atomic E-state index is 13.3. The molecule has 20 heavy (non-hydrogen) atoms. The highest BCUT2D eigenvalue weighted by molar-refractivity contribution is 5.36. The molecule has 0 aromatic carbocycles. The standard InChI is InChI=1S/C12H11FN6O/c1-20-11-10(13)6-15-12(16-11)18-2-3-19-9(7-18)4-8(5-14)17-19/h4,6H,2-3,7H2,1H3. The largest absolute Gasteiger partial charge is 0.479 e. The fourth-order valence-electron chi connectivity index (χ4n) is 2.13. The number of nitriles is 1. The van der Waals surface area contributed by atoms with Gasteiger partial charge >= 0.3 is 0 Å². The van der Waals surface area contributed by atoms with Gasteiger partial charge in [-0.15, -0.1) is 0 Å². The molecule has 0 amide bonds. The van der Waals surface area contributed by atoms with Gasteiger partial charge in [-0.2, -0.15) is 19.7 Å². The topological polar surface area (TPSA) is 79.9 Å². The first-order chi connectivity index (χ1) is 9.71. The number of methoxy groups -OCH3 is 1. The number of halogens is 1. The zero-order chi connectivity index (χ0) is 14.1. The van der Waals surface area contributed by atoms with Gasteiger partial charge in [0.25, 0.3) is 5.88 Å². The number of anilines is 1. The lowest BCUT2D eigenvalue weighted by atomic mass is 10.3. The molecule has 0 saturated heterocycles. The number of ether oxygens (including phenoxy) is 1. The summed E-state index contributed by atoms with van der Waals surface area (Å²) in [5.41, 5.74) is 1.29. The predicted octanol–water partition coefficient (Wildman–Crippen LogP) is 0.713. The molecule has 0 N–H and O–H groups in total. The van der Waals surface area contributed by atoms with Crippen molar-refractivity contribution in [2.24, 2.45) is 0 Å². The predicted molar refractivity (Wildman–Crippen MR) is 66.5 cm³/mol. The van der Waals surface area contributed by atoms with Crippen LogP contribution in [0.1, 0.15) is 11.4 Å². The quantitative estimate of drug-likeness (QED) is 0.802. The first-order valence-electron chi connectivity index (χ1n) is 5.99. The van der Waals surface area contributed by atoms with E-state index in [0.717, 1.165) is 11.9 Å². The fourth-order valence-corrected chi connectivity index (χ4v) is 2.13. The van der Waals surface area contributed by atoms with Crippen molar-refractivity contribution in [1.29, 1.82) is 5.26 Å². The third-order valence-electron chi connectivity index (χ3n) is 3.09. The molecule has 7 nitrogen and oxygen atoms in total. The Kier molecular flexibility index (Phi) is 2.95. The Morgan fingerprint density at radius 2 is 2.30 bits per heavy atom. The number of hydrogen-bond acceptors (Lipinski definition) is 6. The molecular formula is C12H11FN6O. The highest BCUT2D eigenvalue weighted by Gasteiger charge is 2.21. The molecule has 0 saturated carbocycles. The Balaban J connectivity index is 1.88. The van der Waals surface area contributed by atoms with Crippen LogP contribution in [0.15, 0.2) is 12.3 Å². The highest BCUT2D eigenvalue weighted by Crippen LogP contribution is 2.21. The first kappa shape index (κ1) is 12.3. The molecule has 102 valence electrons. The summed E-state index contributed by atoms with van der Waals surface area (Å²) in [6, 6.07) is 3.74. The number of rotatable bonds is 2. The van der Waals surface area contributed by atoms with Crippen LogP contribution < -0.4 is 9.64 Å². The Morgan fingerprint density at radius 3 is 3.05 bits per heavy atom. The van der Waals surface area contributed by atoms with Gasteiger partial charge in [0.2, 0.25) is 11.8 Å². The Hall–Kier alpha value is -2.69. The van der Waals surface area contributed by atoms with Crippen molar-refractivity contribution in [3.63, 3.8) is 0 Å². The molecule has 0 fully saturated rings. The molecule has 2 aromatic rings. The molecule has 1 aliphatic rings. The van der Waals surface area contributed by atoms with E-state index in [9.17, 15) is 4.39 Å². The number of fused-ring (bicyclic) bond motifs is 1. The monoisotopic (exact) mass is 274 g/mol. The van der Waals surface area contributed by atoms with Crippen molar-refractivity contribution < 1.29 is 9.13 Å². The second-order valence-electron chi connectivity index (χ2n) is 4.30. The molecule has 2 aromatic heterocycles. The smallest absolute Gasteiger partial charge is 0.255 e. The van der Waals surface area contributed by atoms with E-state index in [1.54, 1.807) is 10.7 Å². The maximum absolute atomic E-state index is 13.3. The van der Waals surface area contributed by atoms with Crippen LogP contribution in [0.25, 0.3) is 0 Å². The van der Waals surface area contributed by atoms with Crippen molar-refractivity contribution in [2.45, 2.75) is 13.1 Å². The van der Waals surface area contributed by atoms with Crippen LogP contribution in [0.5, 0.6) is 5.88 Å². The van der Waals surface area contributed by atoms with E-state index in [1.807, 2.05) is 11.0 Å². The zero-order valence-corrected chi connectivity index (χ0v) is 10.7.